The molecule has 0 atom stereocenters. The van der Waals surface area contributed by atoms with E-state index in [0.717, 1.165) is 10.8 Å². The Balaban J connectivity index is 0. The Hall–Kier alpha value is -1.05. The number of phenols is 2. The first-order valence-corrected chi connectivity index (χ1v) is 14.1. The Labute approximate surface area is 215 Å². The summed E-state index contributed by atoms with van der Waals surface area (Å²) < 4.78 is 0. The molecule has 0 bridgehead atoms. The predicted octanol–water partition coefficient (Wildman–Crippen LogP) is 5.81. The molecule has 0 aliphatic rings. The number of nitrogens with zero attached hydrogens (tertiary/aromatic N) is 2. The average molecular weight is 614 g/mol. The summed E-state index contributed by atoms with van der Waals surface area (Å²) >= 11 is 0.764. The maximum absolute atomic E-state index is 9.31. The fourth-order valence-corrected chi connectivity index (χ4v) is 2.18. The SMILES string of the molecule is CCO.O.Oc1cccc2cccnc12.Oc1cccc2cccnc12.[Cl][Co][Cl].[Cl][Co][Cl]. The molecule has 32 heavy (non-hydrogen) atoms. The van der Waals surface area contributed by atoms with Gasteiger partial charge in [0.05, 0.1) is 0 Å². The summed E-state index contributed by atoms with van der Waals surface area (Å²) in [5, 5.41) is 28.1. The molecule has 182 valence electrons. The summed E-state index contributed by atoms with van der Waals surface area (Å²) in [7, 11) is 18.9. The van der Waals surface area contributed by atoms with E-state index in [1.807, 2.05) is 36.4 Å². The standard InChI is InChI=1S/2C9H7NO.C2H6O.4ClH.2Co.H2O/c2*11-8-5-1-3-7-4-2-6-10-9(7)8;1-2-3;;;;;;;/h2*1-6,11H;3H,2H2,1H3;4*1H;;;1H2/q;;;;;;;2*+2;/p-4. The Kier molecular flexibility index (Phi) is 22.5. The second kappa shape index (κ2) is 21.8. The zero-order valence-corrected chi connectivity index (χ0v) is 21.7. The van der Waals surface area contributed by atoms with Crippen LogP contribution >= 0.6 is 40.6 Å². The van der Waals surface area contributed by atoms with Gasteiger partial charge in [-0.3, -0.25) is 9.97 Å². The quantitative estimate of drug-likeness (QED) is 0.231. The first-order chi connectivity index (χ1) is 15.0. The van der Waals surface area contributed by atoms with E-state index in [1.165, 1.54) is 0 Å². The molecule has 4 rings (SSSR count). The van der Waals surface area contributed by atoms with Crippen molar-refractivity contribution >= 4 is 62.4 Å². The van der Waals surface area contributed by atoms with Crippen LogP contribution in [0.15, 0.2) is 73.1 Å². The van der Waals surface area contributed by atoms with Crippen molar-refractivity contribution in [3.05, 3.63) is 73.1 Å². The van der Waals surface area contributed by atoms with Gasteiger partial charge in [0.25, 0.3) is 0 Å². The van der Waals surface area contributed by atoms with Gasteiger partial charge in [-0.05, 0) is 31.2 Å². The predicted molar refractivity (Wildman–Crippen MR) is 127 cm³/mol. The van der Waals surface area contributed by atoms with Crippen molar-refractivity contribution in [3.8, 4) is 11.5 Å². The van der Waals surface area contributed by atoms with Crippen LogP contribution in [0.25, 0.3) is 21.8 Å². The third-order valence-electron chi connectivity index (χ3n) is 3.22. The van der Waals surface area contributed by atoms with Crippen LogP contribution in [-0.2, 0) is 25.8 Å². The third kappa shape index (κ3) is 13.5. The van der Waals surface area contributed by atoms with E-state index < -0.39 is 0 Å². The van der Waals surface area contributed by atoms with Crippen LogP contribution in [0, 0.1) is 0 Å². The van der Waals surface area contributed by atoms with Gasteiger partial charge < -0.3 is 20.8 Å². The molecular formula is C20H22Cl4Co2N2O4. The molecule has 12 heteroatoms. The monoisotopic (exact) mass is 612 g/mol. The minimum atomic E-state index is 0. The number of aliphatic hydroxyl groups excluding tert-OH is 1. The summed E-state index contributed by atoms with van der Waals surface area (Å²) in [6.07, 6.45) is 3.34. The normalized spacial score (nSPS) is 8.94. The van der Waals surface area contributed by atoms with E-state index in [-0.39, 0.29) is 23.6 Å². The first-order valence-electron chi connectivity index (χ1n) is 8.34. The van der Waals surface area contributed by atoms with Gasteiger partial charge in [0, 0.05) is 29.8 Å². The number of hydrogen-bond acceptors (Lipinski definition) is 5. The number of hydrogen-bond donors (Lipinski definition) is 3. The van der Waals surface area contributed by atoms with Crippen molar-refractivity contribution in [3.63, 3.8) is 0 Å². The second-order valence-corrected chi connectivity index (χ2v) is 8.55. The van der Waals surface area contributed by atoms with Gasteiger partial charge in [-0.2, -0.15) is 0 Å². The van der Waals surface area contributed by atoms with Crippen LogP contribution in [0.3, 0.4) is 0 Å². The molecule has 0 amide bonds. The first kappa shape index (κ1) is 33.1. The third-order valence-corrected chi connectivity index (χ3v) is 3.22. The summed E-state index contributed by atoms with van der Waals surface area (Å²) in [6, 6.07) is 18.3. The molecule has 0 radical (unpaired) electrons. The maximum atomic E-state index is 9.31. The van der Waals surface area contributed by atoms with Crippen LogP contribution in [0.5, 0.6) is 11.5 Å². The van der Waals surface area contributed by atoms with Crippen LogP contribution in [-0.4, -0.2) is 37.4 Å². The zero-order valence-electron chi connectivity index (χ0n) is 16.5. The summed E-state index contributed by atoms with van der Waals surface area (Å²) in [6.45, 7) is 1.93. The molecule has 5 N–H and O–H groups in total. The molecule has 0 aliphatic carbocycles. The summed E-state index contributed by atoms with van der Waals surface area (Å²) in [4.78, 5) is 8.06. The van der Waals surface area contributed by atoms with Crippen molar-refractivity contribution in [2.45, 2.75) is 6.92 Å². The average Bonchev–Trinajstić information content (AvgIpc) is 2.77. The van der Waals surface area contributed by atoms with E-state index in [4.69, 9.17) is 45.7 Å². The molecular weight excluding hydrogens is 592 g/mol. The van der Waals surface area contributed by atoms with Gasteiger partial charge in [0.1, 0.15) is 22.5 Å². The van der Waals surface area contributed by atoms with Gasteiger partial charge in [0.15, 0.2) is 0 Å². The van der Waals surface area contributed by atoms with Crippen LogP contribution in [0.4, 0.5) is 0 Å². The second-order valence-electron chi connectivity index (χ2n) is 5.12. The molecule has 0 unspecified atom stereocenters. The molecule has 0 spiro atoms. The van der Waals surface area contributed by atoms with Crippen LogP contribution in [0.1, 0.15) is 6.92 Å². The van der Waals surface area contributed by atoms with Gasteiger partial charge in [0.2, 0.25) is 0 Å². The number of pyridine rings is 2. The summed E-state index contributed by atoms with van der Waals surface area (Å²) in [5.41, 5.74) is 1.32. The van der Waals surface area contributed by atoms with Gasteiger partial charge in [-0.25, -0.2) is 0 Å². The van der Waals surface area contributed by atoms with Crippen molar-refractivity contribution in [2.24, 2.45) is 0 Å². The number of benzene rings is 2. The molecule has 0 saturated heterocycles. The number of aromatic hydroxyl groups is 2. The van der Waals surface area contributed by atoms with Gasteiger partial charge >= 0.3 is 66.4 Å². The van der Waals surface area contributed by atoms with Gasteiger partial charge in [-0.1, -0.05) is 36.4 Å². The fraction of sp³-hybridized carbons (Fsp3) is 0.100. The number of para-hydroxylation sites is 2. The Morgan fingerprint density at radius 3 is 1.25 bits per heavy atom. The Morgan fingerprint density at radius 1 is 0.688 bits per heavy atom. The number of halogens is 4. The minimum absolute atomic E-state index is 0. The number of rotatable bonds is 0. The van der Waals surface area contributed by atoms with Crippen molar-refractivity contribution in [2.75, 3.05) is 6.61 Å². The van der Waals surface area contributed by atoms with E-state index in [0.29, 0.717) is 36.8 Å². The van der Waals surface area contributed by atoms with E-state index in [9.17, 15) is 10.2 Å². The molecule has 0 aliphatic heterocycles. The molecule has 2 heterocycles. The van der Waals surface area contributed by atoms with Crippen molar-refractivity contribution in [1.29, 1.82) is 0 Å². The Bertz CT molecular complexity index is 911. The van der Waals surface area contributed by atoms with Gasteiger partial charge in [-0.15, -0.1) is 0 Å². The number of phenolic OH excluding ortho intramolecular Hbond substituents is 2. The zero-order chi connectivity index (χ0) is 23.5. The molecule has 2 aromatic carbocycles. The van der Waals surface area contributed by atoms with Crippen LogP contribution < -0.4 is 0 Å². The fourth-order valence-electron chi connectivity index (χ4n) is 2.18. The van der Waals surface area contributed by atoms with E-state index in [2.05, 4.69) is 9.97 Å². The number of aliphatic hydroxyl groups is 1. The molecule has 4 aromatic rings. The molecule has 2 aromatic heterocycles. The van der Waals surface area contributed by atoms with Crippen LogP contribution in [0.2, 0.25) is 0 Å². The molecule has 0 fully saturated rings. The molecule has 6 nitrogen and oxygen atoms in total. The van der Waals surface area contributed by atoms with E-state index in [1.54, 1.807) is 43.6 Å². The molecule has 0 saturated carbocycles. The Morgan fingerprint density at radius 2 is 0.969 bits per heavy atom. The summed E-state index contributed by atoms with van der Waals surface area (Å²) in [5.74, 6) is 0.478. The van der Waals surface area contributed by atoms with E-state index >= 15 is 0 Å². The topological polar surface area (TPSA) is 118 Å². The van der Waals surface area contributed by atoms with Crippen molar-refractivity contribution < 1.29 is 46.6 Å². The van der Waals surface area contributed by atoms with Crippen molar-refractivity contribution in [1.82, 2.24) is 9.97 Å². The number of aromatic nitrogens is 2. The number of fused-ring (bicyclic) bond motifs is 2.